The van der Waals surface area contributed by atoms with E-state index in [4.69, 9.17) is 14.2 Å². The first-order chi connectivity index (χ1) is 12.9. The number of rotatable bonds is 8. The molecule has 1 aliphatic heterocycles. The van der Waals surface area contributed by atoms with Gasteiger partial charge in [-0.2, -0.15) is 0 Å². The fraction of sp³-hybridized carbons (Fsp3) is 0.900. The lowest BCUT2D eigenvalue weighted by atomic mass is 9.96. The Kier molecular flexibility index (Phi) is 9.76. The van der Waals surface area contributed by atoms with Crippen molar-refractivity contribution in [1.29, 1.82) is 0 Å². The van der Waals surface area contributed by atoms with Crippen LogP contribution in [0.5, 0.6) is 0 Å². The molecule has 7 nitrogen and oxygen atoms in total. The summed E-state index contributed by atoms with van der Waals surface area (Å²) in [5, 5.41) is 2.83. The van der Waals surface area contributed by atoms with Crippen molar-refractivity contribution < 1.29 is 23.8 Å². The first-order valence-electron chi connectivity index (χ1n) is 10.3. The summed E-state index contributed by atoms with van der Waals surface area (Å²) in [6.45, 7) is 14.1. The van der Waals surface area contributed by atoms with Gasteiger partial charge in [0.2, 0.25) is 0 Å². The molecule has 1 unspecified atom stereocenters. The SMILES string of the molecule is CN(C(=O)OCC[Si](C)(C)C)C(CC[C@@H]1CCCOC1)NC(=O)OC(C)(C)C. The molecule has 164 valence electrons. The smallest absolute Gasteiger partial charge is 0.411 e. The van der Waals surface area contributed by atoms with E-state index in [0.29, 0.717) is 18.9 Å². The van der Waals surface area contributed by atoms with Gasteiger partial charge in [-0.15, -0.1) is 0 Å². The zero-order valence-electron chi connectivity index (χ0n) is 18.8. The molecule has 0 radical (unpaired) electrons. The number of amides is 2. The molecule has 8 heteroatoms. The monoisotopic (exact) mass is 416 g/mol. The van der Waals surface area contributed by atoms with Crippen LogP contribution in [-0.2, 0) is 14.2 Å². The molecule has 0 bridgehead atoms. The summed E-state index contributed by atoms with van der Waals surface area (Å²) in [6.07, 6.45) is 2.25. The Balaban J connectivity index is 2.65. The van der Waals surface area contributed by atoms with E-state index in [1.54, 1.807) is 7.05 Å². The molecule has 1 heterocycles. The van der Waals surface area contributed by atoms with Gasteiger partial charge in [0.05, 0.1) is 6.61 Å². The average Bonchev–Trinajstić information content (AvgIpc) is 2.56. The molecular formula is C20H40N2O5Si. The van der Waals surface area contributed by atoms with Crippen LogP contribution in [0.25, 0.3) is 0 Å². The molecule has 2 amide bonds. The van der Waals surface area contributed by atoms with Crippen molar-refractivity contribution in [3.05, 3.63) is 0 Å². The number of ether oxygens (including phenoxy) is 3. The third-order valence-corrected chi connectivity index (χ3v) is 6.32. The molecule has 2 atom stereocenters. The molecular weight excluding hydrogens is 376 g/mol. The Labute approximate surface area is 171 Å². The summed E-state index contributed by atoms with van der Waals surface area (Å²) < 4.78 is 16.3. The topological polar surface area (TPSA) is 77.1 Å². The molecule has 1 aliphatic rings. The maximum Gasteiger partial charge on any atom is 0.411 e. The maximum atomic E-state index is 12.5. The van der Waals surface area contributed by atoms with Crippen molar-refractivity contribution in [2.24, 2.45) is 5.92 Å². The van der Waals surface area contributed by atoms with E-state index >= 15 is 0 Å². The van der Waals surface area contributed by atoms with Gasteiger partial charge in [0, 0.05) is 28.3 Å². The highest BCUT2D eigenvalue weighted by atomic mass is 28.3. The lowest BCUT2D eigenvalue weighted by Gasteiger charge is -2.31. The minimum absolute atomic E-state index is 0.411. The van der Waals surface area contributed by atoms with Gasteiger partial charge < -0.3 is 19.5 Å². The van der Waals surface area contributed by atoms with Crippen LogP contribution in [0.1, 0.15) is 46.5 Å². The summed E-state index contributed by atoms with van der Waals surface area (Å²) >= 11 is 0. The number of hydrogen-bond acceptors (Lipinski definition) is 5. The van der Waals surface area contributed by atoms with E-state index in [2.05, 4.69) is 25.0 Å². The molecule has 1 fully saturated rings. The second-order valence-electron chi connectivity index (χ2n) is 9.86. The third kappa shape index (κ3) is 10.9. The van der Waals surface area contributed by atoms with Crippen molar-refractivity contribution in [3.63, 3.8) is 0 Å². The van der Waals surface area contributed by atoms with Gasteiger partial charge in [0.15, 0.2) is 0 Å². The quantitative estimate of drug-likeness (QED) is 0.467. The highest BCUT2D eigenvalue weighted by molar-refractivity contribution is 6.76. The first kappa shape index (κ1) is 24.8. The molecule has 28 heavy (non-hydrogen) atoms. The van der Waals surface area contributed by atoms with E-state index in [1.165, 1.54) is 4.90 Å². The lowest BCUT2D eigenvalue weighted by Crippen LogP contribution is -2.50. The van der Waals surface area contributed by atoms with Crippen LogP contribution in [0.2, 0.25) is 25.7 Å². The van der Waals surface area contributed by atoms with E-state index < -0.39 is 32.0 Å². The Morgan fingerprint density at radius 1 is 1.29 bits per heavy atom. The summed E-state index contributed by atoms with van der Waals surface area (Å²) in [5.41, 5.74) is -0.595. The van der Waals surface area contributed by atoms with Crippen LogP contribution in [0.3, 0.4) is 0 Å². The second kappa shape index (κ2) is 11.0. The van der Waals surface area contributed by atoms with Gasteiger partial charge in [-0.1, -0.05) is 19.6 Å². The summed E-state index contributed by atoms with van der Waals surface area (Å²) in [5.74, 6) is 0.452. The fourth-order valence-electron chi connectivity index (χ4n) is 2.91. The van der Waals surface area contributed by atoms with Crippen LogP contribution in [0.4, 0.5) is 9.59 Å². The van der Waals surface area contributed by atoms with Crippen LogP contribution in [0, 0.1) is 5.92 Å². The number of carbonyl (C=O) groups is 2. The standard InChI is InChI=1S/C20H40N2O5Si/c1-20(2,3)27-18(23)21-17(11-10-16-9-8-12-25-15-16)22(4)19(24)26-13-14-28(5,6)7/h16-17H,8-15H2,1-7H3,(H,21,23)/t16-,17?/m0/s1. The minimum atomic E-state index is -1.28. The maximum absolute atomic E-state index is 12.5. The molecule has 0 saturated carbocycles. The number of nitrogens with one attached hydrogen (secondary N) is 1. The zero-order valence-corrected chi connectivity index (χ0v) is 19.8. The molecule has 0 aromatic rings. The van der Waals surface area contributed by atoms with Gasteiger partial charge in [0.25, 0.3) is 0 Å². The number of alkyl carbamates (subject to hydrolysis) is 1. The Hall–Kier alpha value is -1.28. The van der Waals surface area contributed by atoms with E-state index in [0.717, 1.165) is 38.5 Å². The minimum Gasteiger partial charge on any atom is -0.450 e. The van der Waals surface area contributed by atoms with Crippen LogP contribution in [0.15, 0.2) is 0 Å². The number of nitrogens with zero attached hydrogens (tertiary/aromatic N) is 1. The summed E-state index contributed by atoms with van der Waals surface area (Å²) in [4.78, 5) is 26.2. The van der Waals surface area contributed by atoms with E-state index in [-0.39, 0.29) is 0 Å². The Bertz CT molecular complexity index is 496. The summed E-state index contributed by atoms with van der Waals surface area (Å²) in [7, 11) is 0.387. The summed E-state index contributed by atoms with van der Waals surface area (Å²) in [6, 6.07) is 0.913. The average molecular weight is 417 g/mol. The van der Waals surface area contributed by atoms with E-state index in [9.17, 15) is 9.59 Å². The van der Waals surface area contributed by atoms with Crippen LogP contribution < -0.4 is 5.32 Å². The van der Waals surface area contributed by atoms with Crippen molar-refractivity contribution >= 4 is 20.3 Å². The highest BCUT2D eigenvalue weighted by Crippen LogP contribution is 2.21. The zero-order chi connectivity index (χ0) is 21.4. The predicted molar refractivity (Wildman–Crippen MR) is 113 cm³/mol. The van der Waals surface area contributed by atoms with Gasteiger partial charge in [-0.25, -0.2) is 9.59 Å². The van der Waals surface area contributed by atoms with Crippen molar-refractivity contribution in [3.8, 4) is 0 Å². The lowest BCUT2D eigenvalue weighted by molar-refractivity contribution is 0.0341. The molecule has 0 aliphatic carbocycles. The van der Waals surface area contributed by atoms with Gasteiger partial charge >= 0.3 is 12.2 Å². The van der Waals surface area contributed by atoms with Crippen molar-refractivity contribution in [1.82, 2.24) is 10.2 Å². The Morgan fingerprint density at radius 2 is 1.96 bits per heavy atom. The second-order valence-corrected chi connectivity index (χ2v) is 15.5. The molecule has 0 aromatic heterocycles. The van der Waals surface area contributed by atoms with Crippen molar-refractivity contribution in [2.45, 2.75) is 83.9 Å². The van der Waals surface area contributed by atoms with Crippen molar-refractivity contribution in [2.75, 3.05) is 26.9 Å². The Morgan fingerprint density at radius 3 is 2.50 bits per heavy atom. The largest absolute Gasteiger partial charge is 0.450 e. The van der Waals surface area contributed by atoms with Gasteiger partial charge in [-0.05, 0) is 58.4 Å². The first-order valence-corrected chi connectivity index (χ1v) is 14.0. The molecule has 0 spiro atoms. The normalized spacial score (nSPS) is 18.9. The molecule has 1 saturated heterocycles. The van der Waals surface area contributed by atoms with Crippen LogP contribution in [-0.4, -0.2) is 63.8 Å². The van der Waals surface area contributed by atoms with E-state index in [1.807, 2.05) is 20.8 Å². The molecule has 1 N–H and O–H groups in total. The van der Waals surface area contributed by atoms with Gasteiger partial charge in [-0.3, -0.25) is 4.90 Å². The molecule has 0 aromatic carbocycles. The fourth-order valence-corrected chi connectivity index (χ4v) is 3.62. The third-order valence-electron chi connectivity index (χ3n) is 4.62. The highest BCUT2D eigenvalue weighted by Gasteiger charge is 2.27. The van der Waals surface area contributed by atoms with Gasteiger partial charge in [0.1, 0.15) is 11.8 Å². The predicted octanol–water partition coefficient (Wildman–Crippen LogP) is 4.45. The number of hydrogen-bond donors (Lipinski definition) is 1. The van der Waals surface area contributed by atoms with Crippen LogP contribution >= 0.6 is 0 Å². The number of carbonyl (C=O) groups excluding carboxylic acids is 2. The molecule has 1 rings (SSSR count).